The Bertz CT molecular complexity index is 598. The Morgan fingerprint density at radius 1 is 1.14 bits per heavy atom. The molecular formula is C17H20FNO2. The quantitative estimate of drug-likeness (QED) is 0.793. The van der Waals surface area contributed by atoms with Crippen LogP contribution in [0.4, 0.5) is 4.39 Å². The van der Waals surface area contributed by atoms with E-state index in [2.05, 4.69) is 5.32 Å². The Hall–Kier alpha value is -1.91. The van der Waals surface area contributed by atoms with E-state index >= 15 is 0 Å². The van der Waals surface area contributed by atoms with Crippen molar-refractivity contribution in [2.45, 2.75) is 32.5 Å². The molecule has 2 aromatic carbocycles. The number of aliphatic hydroxyl groups excluding tert-OH is 1. The summed E-state index contributed by atoms with van der Waals surface area (Å²) >= 11 is 0. The first-order valence-corrected chi connectivity index (χ1v) is 6.93. The third-order valence-electron chi connectivity index (χ3n) is 3.58. The van der Waals surface area contributed by atoms with Crippen LogP contribution in [0.25, 0.3) is 0 Å². The lowest BCUT2D eigenvalue weighted by Gasteiger charge is -2.21. The van der Waals surface area contributed by atoms with Crippen molar-refractivity contribution in [2.75, 3.05) is 0 Å². The molecule has 0 aliphatic rings. The van der Waals surface area contributed by atoms with E-state index in [4.69, 9.17) is 0 Å². The highest BCUT2D eigenvalue weighted by atomic mass is 19.1. The van der Waals surface area contributed by atoms with Crippen LogP contribution in [0.3, 0.4) is 0 Å². The molecule has 0 fully saturated rings. The number of hydrogen-bond donors (Lipinski definition) is 3. The molecule has 2 atom stereocenters. The van der Waals surface area contributed by atoms with Gasteiger partial charge in [-0.15, -0.1) is 0 Å². The number of nitrogens with one attached hydrogen (secondary N) is 1. The van der Waals surface area contributed by atoms with E-state index in [9.17, 15) is 14.6 Å². The Morgan fingerprint density at radius 3 is 2.43 bits per heavy atom. The summed E-state index contributed by atoms with van der Waals surface area (Å²) in [6.07, 6.45) is -0.676. The van der Waals surface area contributed by atoms with Crippen molar-refractivity contribution < 1.29 is 14.6 Å². The van der Waals surface area contributed by atoms with Gasteiger partial charge in [0.05, 0.1) is 6.10 Å². The summed E-state index contributed by atoms with van der Waals surface area (Å²) < 4.78 is 12.8. The third kappa shape index (κ3) is 4.03. The number of aryl methyl sites for hydroxylation is 1. The van der Waals surface area contributed by atoms with Gasteiger partial charge < -0.3 is 15.5 Å². The lowest BCUT2D eigenvalue weighted by atomic mass is 10.0. The van der Waals surface area contributed by atoms with Crippen molar-refractivity contribution in [3.63, 3.8) is 0 Å². The highest BCUT2D eigenvalue weighted by molar-refractivity contribution is 5.36. The van der Waals surface area contributed by atoms with Crippen LogP contribution in [-0.4, -0.2) is 16.3 Å². The fourth-order valence-electron chi connectivity index (χ4n) is 2.14. The van der Waals surface area contributed by atoms with Crippen molar-refractivity contribution in [1.82, 2.24) is 5.32 Å². The minimum Gasteiger partial charge on any atom is -0.508 e. The van der Waals surface area contributed by atoms with Gasteiger partial charge in [0, 0.05) is 12.6 Å². The molecule has 2 unspecified atom stereocenters. The van der Waals surface area contributed by atoms with Crippen LogP contribution in [-0.2, 0) is 6.54 Å². The molecule has 0 saturated carbocycles. The van der Waals surface area contributed by atoms with Crippen molar-refractivity contribution >= 4 is 0 Å². The van der Waals surface area contributed by atoms with E-state index in [1.165, 1.54) is 12.1 Å². The molecule has 112 valence electrons. The van der Waals surface area contributed by atoms with Gasteiger partial charge in [-0.2, -0.15) is 0 Å². The van der Waals surface area contributed by atoms with Crippen LogP contribution in [0.15, 0.2) is 42.5 Å². The predicted molar refractivity (Wildman–Crippen MR) is 80.5 cm³/mol. The summed E-state index contributed by atoms with van der Waals surface area (Å²) in [5.74, 6) is -0.0377. The lowest BCUT2D eigenvalue weighted by Crippen LogP contribution is -2.31. The molecule has 0 bridgehead atoms. The molecule has 0 heterocycles. The summed E-state index contributed by atoms with van der Waals surface area (Å²) in [5, 5.41) is 23.0. The second kappa shape index (κ2) is 6.70. The average molecular weight is 289 g/mol. The van der Waals surface area contributed by atoms with E-state index in [1.807, 2.05) is 6.92 Å². The van der Waals surface area contributed by atoms with Crippen molar-refractivity contribution in [1.29, 1.82) is 0 Å². The van der Waals surface area contributed by atoms with Crippen molar-refractivity contribution in [2.24, 2.45) is 0 Å². The van der Waals surface area contributed by atoms with Gasteiger partial charge in [-0.1, -0.05) is 18.2 Å². The van der Waals surface area contributed by atoms with E-state index < -0.39 is 6.10 Å². The summed E-state index contributed by atoms with van der Waals surface area (Å²) in [6.45, 7) is 4.23. The maximum atomic E-state index is 12.8. The molecule has 0 radical (unpaired) electrons. The minimum atomic E-state index is -0.676. The fraction of sp³-hybridized carbons (Fsp3) is 0.294. The first-order chi connectivity index (χ1) is 9.97. The van der Waals surface area contributed by atoms with Gasteiger partial charge >= 0.3 is 0 Å². The average Bonchev–Trinajstić information content (AvgIpc) is 2.48. The third-order valence-corrected chi connectivity index (χ3v) is 3.58. The number of phenols is 1. The smallest absolute Gasteiger partial charge is 0.123 e. The van der Waals surface area contributed by atoms with Crippen molar-refractivity contribution in [3.05, 3.63) is 65.0 Å². The summed E-state index contributed by atoms with van der Waals surface area (Å²) in [7, 11) is 0. The molecule has 2 rings (SSSR count). The lowest BCUT2D eigenvalue weighted by molar-refractivity contribution is 0.135. The van der Waals surface area contributed by atoms with Crippen molar-refractivity contribution in [3.8, 4) is 5.75 Å². The van der Waals surface area contributed by atoms with Crippen LogP contribution in [0, 0.1) is 12.7 Å². The first kappa shape index (κ1) is 15.5. The maximum Gasteiger partial charge on any atom is 0.123 e. The minimum absolute atomic E-state index is 0.168. The van der Waals surface area contributed by atoms with E-state index in [0.717, 1.165) is 16.7 Å². The topological polar surface area (TPSA) is 52.5 Å². The zero-order valence-electron chi connectivity index (χ0n) is 12.2. The Morgan fingerprint density at radius 2 is 1.81 bits per heavy atom. The monoisotopic (exact) mass is 289 g/mol. The fourth-order valence-corrected chi connectivity index (χ4v) is 2.14. The second-order valence-corrected chi connectivity index (χ2v) is 5.29. The number of phenolic OH excluding ortho intramolecular Hbond substituents is 1. The standard InChI is InChI=1S/C17H20FNO2/c1-11-9-14(5-8-16(11)20)17(21)12(2)19-10-13-3-6-15(18)7-4-13/h3-9,12,17,19-21H,10H2,1-2H3. The molecule has 0 aliphatic heterocycles. The molecule has 3 N–H and O–H groups in total. The number of rotatable bonds is 5. The second-order valence-electron chi connectivity index (χ2n) is 5.29. The normalized spacial score (nSPS) is 13.9. The van der Waals surface area contributed by atoms with Crippen LogP contribution < -0.4 is 5.32 Å². The molecule has 0 amide bonds. The van der Waals surface area contributed by atoms with Gasteiger partial charge in [0.1, 0.15) is 11.6 Å². The number of aromatic hydroxyl groups is 1. The predicted octanol–water partition coefficient (Wildman–Crippen LogP) is 3.05. The molecule has 2 aromatic rings. The molecule has 0 saturated heterocycles. The highest BCUT2D eigenvalue weighted by Gasteiger charge is 2.16. The summed E-state index contributed by atoms with van der Waals surface area (Å²) in [5.41, 5.74) is 2.44. The summed E-state index contributed by atoms with van der Waals surface area (Å²) in [6, 6.07) is 11.2. The Labute approximate surface area is 124 Å². The molecule has 4 heteroatoms. The van der Waals surface area contributed by atoms with Gasteiger partial charge in [-0.3, -0.25) is 0 Å². The van der Waals surface area contributed by atoms with Gasteiger partial charge in [-0.05, 0) is 54.8 Å². The zero-order valence-corrected chi connectivity index (χ0v) is 12.2. The van der Waals surface area contributed by atoms with Gasteiger partial charge in [0.25, 0.3) is 0 Å². The van der Waals surface area contributed by atoms with Gasteiger partial charge in [0.15, 0.2) is 0 Å². The summed E-state index contributed by atoms with van der Waals surface area (Å²) in [4.78, 5) is 0. The van der Waals surface area contributed by atoms with E-state index in [0.29, 0.717) is 6.54 Å². The first-order valence-electron chi connectivity index (χ1n) is 6.93. The van der Waals surface area contributed by atoms with E-state index in [1.54, 1.807) is 37.3 Å². The number of halogens is 1. The highest BCUT2D eigenvalue weighted by Crippen LogP contribution is 2.23. The molecular weight excluding hydrogens is 269 g/mol. The number of hydrogen-bond acceptors (Lipinski definition) is 3. The molecule has 21 heavy (non-hydrogen) atoms. The van der Waals surface area contributed by atoms with Crippen LogP contribution in [0.5, 0.6) is 5.75 Å². The Balaban J connectivity index is 1.97. The van der Waals surface area contributed by atoms with E-state index in [-0.39, 0.29) is 17.6 Å². The number of benzene rings is 2. The Kier molecular flexibility index (Phi) is 4.94. The van der Waals surface area contributed by atoms with Crippen LogP contribution in [0.1, 0.15) is 29.7 Å². The van der Waals surface area contributed by atoms with Crippen LogP contribution in [0.2, 0.25) is 0 Å². The van der Waals surface area contributed by atoms with Gasteiger partial charge in [0.2, 0.25) is 0 Å². The zero-order chi connectivity index (χ0) is 15.4. The molecule has 0 spiro atoms. The number of aliphatic hydroxyl groups is 1. The maximum absolute atomic E-state index is 12.8. The molecule has 0 aromatic heterocycles. The molecule has 3 nitrogen and oxygen atoms in total. The van der Waals surface area contributed by atoms with Gasteiger partial charge in [-0.25, -0.2) is 4.39 Å². The molecule has 0 aliphatic carbocycles. The largest absolute Gasteiger partial charge is 0.508 e. The van der Waals surface area contributed by atoms with Crippen LogP contribution >= 0.6 is 0 Å². The SMILES string of the molecule is Cc1cc(C(O)C(C)NCc2ccc(F)cc2)ccc1O.